The Labute approximate surface area is 158 Å². The number of nitrogens with one attached hydrogen (secondary N) is 1. The maximum absolute atomic E-state index is 12.5. The van der Waals surface area contributed by atoms with Gasteiger partial charge in [-0.05, 0) is 32.0 Å². The Balaban J connectivity index is 1.76. The zero-order chi connectivity index (χ0) is 18.4. The van der Waals surface area contributed by atoms with Crippen LogP contribution in [0.2, 0.25) is 0 Å². The van der Waals surface area contributed by atoms with Gasteiger partial charge in [0.05, 0.1) is 13.2 Å². The maximum atomic E-state index is 12.5. The fourth-order valence-corrected chi connectivity index (χ4v) is 4.05. The van der Waals surface area contributed by atoms with Crippen LogP contribution in [0.25, 0.3) is 0 Å². The predicted octanol–water partition coefficient (Wildman–Crippen LogP) is 2.57. The first kappa shape index (κ1) is 18.8. The number of para-hydroxylation sites is 1. The third-order valence-corrected chi connectivity index (χ3v) is 5.62. The molecule has 0 aliphatic carbocycles. The Kier molecular flexibility index (Phi) is 6.60. The van der Waals surface area contributed by atoms with E-state index in [0.29, 0.717) is 18.8 Å². The highest BCUT2D eigenvalue weighted by Gasteiger charge is 2.25. The van der Waals surface area contributed by atoms with Crippen LogP contribution in [-0.2, 0) is 6.54 Å². The number of ether oxygens (including phenoxy) is 1. The van der Waals surface area contributed by atoms with Gasteiger partial charge in [0, 0.05) is 24.0 Å². The molecule has 26 heavy (non-hydrogen) atoms. The number of nitrogens with two attached hydrogens (primary N) is 1. The number of likely N-dealkylation sites (tertiary alicyclic amines) is 1. The van der Waals surface area contributed by atoms with Gasteiger partial charge in [-0.2, -0.15) is 0 Å². The van der Waals surface area contributed by atoms with Gasteiger partial charge in [0.1, 0.15) is 16.5 Å². The van der Waals surface area contributed by atoms with Crippen molar-refractivity contribution in [1.82, 2.24) is 15.2 Å². The summed E-state index contributed by atoms with van der Waals surface area (Å²) in [5, 5.41) is 5.58. The van der Waals surface area contributed by atoms with Crippen molar-refractivity contribution in [3.8, 4) is 5.75 Å². The molecule has 0 saturated carbocycles. The topological polar surface area (TPSA) is 80.5 Å². The Morgan fingerprint density at radius 1 is 1.35 bits per heavy atom. The van der Waals surface area contributed by atoms with Crippen molar-refractivity contribution < 1.29 is 9.53 Å². The molecule has 1 aromatic heterocycles. The minimum Gasteiger partial charge on any atom is -0.496 e. The van der Waals surface area contributed by atoms with Crippen LogP contribution < -0.4 is 15.8 Å². The Morgan fingerprint density at radius 3 is 2.81 bits per heavy atom. The van der Waals surface area contributed by atoms with Gasteiger partial charge in [0.2, 0.25) is 0 Å². The molecule has 1 atom stereocenters. The molecule has 1 aromatic carbocycles. The second kappa shape index (κ2) is 9.12. The summed E-state index contributed by atoms with van der Waals surface area (Å²) in [7, 11) is 1.69. The number of hydrogen-bond donors (Lipinski definition) is 2. The quantitative estimate of drug-likeness (QED) is 0.779. The molecule has 0 radical (unpaired) electrons. The van der Waals surface area contributed by atoms with E-state index >= 15 is 0 Å². The zero-order valence-corrected chi connectivity index (χ0v) is 15.9. The minimum absolute atomic E-state index is 0.0861. The average molecular weight is 375 g/mol. The molecule has 0 bridgehead atoms. The van der Waals surface area contributed by atoms with E-state index in [-0.39, 0.29) is 11.9 Å². The van der Waals surface area contributed by atoms with Crippen molar-refractivity contribution in [3.63, 3.8) is 0 Å². The summed E-state index contributed by atoms with van der Waals surface area (Å²) < 4.78 is 5.56. The highest BCUT2D eigenvalue weighted by Crippen LogP contribution is 2.31. The van der Waals surface area contributed by atoms with Gasteiger partial charge >= 0.3 is 0 Å². The molecule has 1 aliphatic rings. The van der Waals surface area contributed by atoms with E-state index in [2.05, 4.69) is 21.3 Å². The number of benzene rings is 1. The van der Waals surface area contributed by atoms with Crippen LogP contribution in [0.15, 0.2) is 29.6 Å². The van der Waals surface area contributed by atoms with E-state index in [0.717, 1.165) is 29.4 Å². The average Bonchev–Trinajstić information content (AvgIpc) is 3.18. The largest absolute Gasteiger partial charge is 0.496 e. The third-order valence-electron chi connectivity index (χ3n) is 4.74. The zero-order valence-electron chi connectivity index (χ0n) is 15.1. The fraction of sp³-hybridized carbons (Fsp3) is 0.474. The van der Waals surface area contributed by atoms with Gasteiger partial charge in [0.15, 0.2) is 0 Å². The van der Waals surface area contributed by atoms with E-state index in [1.165, 1.54) is 30.6 Å². The normalized spacial score (nSPS) is 16.2. The molecule has 140 valence electrons. The molecule has 1 saturated heterocycles. The standard InChI is InChI=1S/C19H26N4O2S/c1-25-17-8-4-3-7-14(17)16(23-9-5-2-6-10-23)12-21-19(24)15-13-26-18(11-20)22-15/h3-4,7-8,13,16H,2,5-6,9-12,20H2,1H3,(H,21,24). The number of methoxy groups -OCH3 is 1. The number of thiazole rings is 1. The Morgan fingerprint density at radius 2 is 2.12 bits per heavy atom. The van der Waals surface area contributed by atoms with E-state index in [9.17, 15) is 4.79 Å². The number of carbonyl (C=O) groups is 1. The summed E-state index contributed by atoms with van der Waals surface area (Å²) in [6, 6.07) is 8.13. The van der Waals surface area contributed by atoms with Crippen molar-refractivity contribution in [3.05, 3.63) is 45.9 Å². The third kappa shape index (κ3) is 4.41. The highest BCUT2D eigenvalue weighted by atomic mass is 32.1. The van der Waals surface area contributed by atoms with Crippen molar-refractivity contribution in [2.24, 2.45) is 5.73 Å². The first-order chi connectivity index (χ1) is 12.7. The molecule has 3 rings (SSSR count). The number of piperidine rings is 1. The van der Waals surface area contributed by atoms with Crippen LogP contribution in [0.3, 0.4) is 0 Å². The molecule has 2 heterocycles. The molecule has 3 N–H and O–H groups in total. The smallest absolute Gasteiger partial charge is 0.270 e. The van der Waals surface area contributed by atoms with Gasteiger partial charge in [-0.25, -0.2) is 4.98 Å². The highest BCUT2D eigenvalue weighted by molar-refractivity contribution is 7.09. The lowest BCUT2D eigenvalue weighted by molar-refractivity contribution is 0.0919. The van der Waals surface area contributed by atoms with Crippen LogP contribution in [0.4, 0.5) is 0 Å². The van der Waals surface area contributed by atoms with Crippen molar-refractivity contribution in [2.45, 2.75) is 31.8 Å². The van der Waals surface area contributed by atoms with Crippen molar-refractivity contribution in [2.75, 3.05) is 26.7 Å². The molecular weight excluding hydrogens is 348 g/mol. The fourth-order valence-electron chi connectivity index (χ4n) is 3.40. The molecule has 1 aliphatic heterocycles. The van der Waals surface area contributed by atoms with Gasteiger partial charge in [-0.3, -0.25) is 9.69 Å². The van der Waals surface area contributed by atoms with E-state index in [1.54, 1.807) is 12.5 Å². The van der Waals surface area contributed by atoms with Gasteiger partial charge in [0.25, 0.3) is 5.91 Å². The molecule has 6 nitrogen and oxygen atoms in total. The summed E-state index contributed by atoms with van der Waals surface area (Å²) in [5.74, 6) is 0.703. The first-order valence-electron chi connectivity index (χ1n) is 9.02. The van der Waals surface area contributed by atoms with E-state index in [4.69, 9.17) is 10.5 Å². The van der Waals surface area contributed by atoms with Crippen molar-refractivity contribution >= 4 is 17.2 Å². The number of rotatable bonds is 7. The molecule has 1 amide bonds. The molecule has 0 spiro atoms. The molecule has 7 heteroatoms. The minimum atomic E-state index is -0.155. The maximum Gasteiger partial charge on any atom is 0.270 e. The monoisotopic (exact) mass is 374 g/mol. The van der Waals surface area contributed by atoms with E-state index < -0.39 is 0 Å². The van der Waals surface area contributed by atoms with Crippen LogP contribution >= 0.6 is 11.3 Å². The first-order valence-corrected chi connectivity index (χ1v) is 9.90. The predicted molar refractivity (Wildman–Crippen MR) is 103 cm³/mol. The summed E-state index contributed by atoms with van der Waals surface area (Å²) in [4.78, 5) is 19.2. The molecule has 1 fully saturated rings. The summed E-state index contributed by atoms with van der Waals surface area (Å²) in [6.07, 6.45) is 3.64. The summed E-state index contributed by atoms with van der Waals surface area (Å²) in [5.41, 5.74) is 7.13. The number of carbonyl (C=O) groups excluding carboxylic acids is 1. The molecular formula is C19H26N4O2S. The second-order valence-corrected chi connectivity index (χ2v) is 7.34. The summed E-state index contributed by atoms with van der Waals surface area (Å²) in [6.45, 7) is 2.95. The van der Waals surface area contributed by atoms with E-state index in [1.807, 2.05) is 18.2 Å². The van der Waals surface area contributed by atoms with Gasteiger partial charge in [-0.1, -0.05) is 24.6 Å². The lowest BCUT2D eigenvalue weighted by atomic mass is 10.0. The lowest BCUT2D eigenvalue weighted by Crippen LogP contribution is -2.40. The number of hydrogen-bond acceptors (Lipinski definition) is 6. The number of amides is 1. The van der Waals surface area contributed by atoms with Crippen LogP contribution in [0.5, 0.6) is 5.75 Å². The Hall–Kier alpha value is -1.96. The molecule has 1 unspecified atom stereocenters. The SMILES string of the molecule is COc1ccccc1C(CNC(=O)c1csc(CN)n1)N1CCCCC1. The number of nitrogens with zero attached hydrogens (tertiary/aromatic N) is 2. The molecule has 2 aromatic rings. The lowest BCUT2D eigenvalue weighted by Gasteiger charge is -2.35. The van der Waals surface area contributed by atoms with Crippen LogP contribution in [-0.4, -0.2) is 42.5 Å². The summed E-state index contributed by atoms with van der Waals surface area (Å²) >= 11 is 1.42. The van der Waals surface area contributed by atoms with Gasteiger partial charge < -0.3 is 15.8 Å². The van der Waals surface area contributed by atoms with Gasteiger partial charge in [-0.15, -0.1) is 11.3 Å². The van der Waals surface area contributed by atoms with Crippen LogP contribution in [0, 0.1) is 0 Å². The number of aromatic nitrogens is 1. The Bertz CT molecular complexity index is 728. The van der Waals surface area contributed by atoms with Crippen LogP contribution in [0.1, 0.15) is 46.4 Å². The second-order valence-electron chi connectivity index (χ2n) is 6.40. The van der Waals surface area contributed by atoms with Crippen molar-refractivity contribution in [1.29, 1.82) is 0 Å².